The average Bonchev–Trinajstić information content (AvgIpc) is 2.68. The lowest BCUT2D eigenvalue weighted by atomic mass is 10.3. The van der Waals surface area contributed by atoms with Crippen LogP contribution < -0.4 is 5.73 Å². The lowest BCUT2D eigenvalue weighted by Gasteiger charge is -2.17. The Bertz CT molecular complexity index is 532. The molecule has 1 rings (SSSR count). The van der Waals surface area contributed by atoms with Gasteiger partial charge in [-0.2, -0.15) is 31.3 Å². The molecular weight excluding hydrogens is 335 g/mol. The van der Waals surface area contributed by atoms with Crippen LogP contribution in [-0.2, 0) is 9.63 Å². The third-order valence-electron chi connectivity index (χ3n) is 1.66. The molecule has 0 saturated carbocycles. The fourth-order valence-electron chi connectivity index (χ4n) is 0.756. The second-order valence-corrected chi connectivity index (χ2v) is 4.27. The van der Waals surface area contributed by atoms with E-state index in [2.05, 4.69) is 19.4 Å². The van der Waals surface area contributed by atoms with Crippen molar-refractivity contribution < 1.29 is 31.6 Å². The maximum atomic E-state index is 12.5. The molecule has 0 fully saturated rings. The van der Waals surface area contributed by atoms with E-state index in [0.717, 1.165) is 0 Å². The van der Waals surface area contributed by atoms with Crippen molar-refractivity contribution in [2.75, 3.05) is 12.3 Å². The van der Waals surface area contributed by atoms with Crippen LogP contribution in [0.25, 0.3) is 0 Å². The van der Waals surface area contributed by atoms with Crippen LogP contribution in [-0.4, -0.2) is 39.0 Å². The van der Waals surface area contributed by atoms with Gasteiger partial charge in [-0.05, 0) is 11.6 Å². The molecule has 2 N–H and O–H groups in total. The molecule has 0 atom stereocenters. The minimum Gasteiger partial charge on any atom is -0.388 e. The lowest BCUT2D eigenvalue weighted by molar-refractivity contribution is -0.296. The Labute approximate surface area is 116 Å². The molecule has 0 aliphatic heterocycles. The van der Waals surface area contributed by atoms with E-state index in [1.165, 1.54) is 0 Å². The number of hydrogen-bond acceptors (Lipinski definition) is 7. The van der Waals surface area contributed by atoms with E-state index in [9.17, 15) is 26.7 Å². The summed E-state index contributed by atoms with van der Waals surface area (Å²) in [5.74, 6) is -5.58. The molecule has 1 aromatic rings. The standard InChI is InChI=1S/C7H4ClF5N4O2S/c8-3(18)2(4-15-5(14)20-17-4)16-19-1-6(9,10)7(11,12)13/h1H2,(H2,14,15,17). The predicted molar refractivity (Wildman–Crippen MR) is 58.7 cm³/mol. The van der Waals surface area contributed by atoms with Crippen molar-refractivity contribution in [1.29, 1.82) is 0 Å². The lowest BCUT2D eigenvalue weighted by Crippen LogP contribution is -2.40. The topological polar surface area (TPSA) is 90.5 Å². The fourth-order valence-corrected chi connectivity index (χ4v) is 1.31. The van der Waals surface area contributed by atoms with Crippen LogP contribution in [0.5, 0.6) is 0 Å². The fraction of sp³-hybridized carbons (Fsp3) is 0.429. The number of oxime groups is 1. The minimum absolute atomic E-state index is 0.0914. The molecule has 0 amide bonds. The molecule has 0 saturated heterocycles. The monoisotopic (exact) mass is 338 g/mol. The summed E-state index contributed by atoms with van der Waals surface area (Å²) >= 11 is 5.69. The van der Waals surface area contributed by atoms with Gasteiger partial charge in [0, 0.05) is 11.5 Å². The van der Waals surface area contributed by atoms with E-state index in [1.807, 2.05) is 0 Å². The molecule has 1 heterocycles. The van der Waals surface area contributed by atoms with Crippen molar-refractivity contribution in [2.24, 2.45) is 5.16 Å². The van der Waals surface area contributed by atoms with Crippen molar-refractivity contribution in [3.63, 3.8) is 0 Å². The number of rotatable bonds is 5. The number of carbonyl (C=O) groups is 1. The Kier molecular flexibility index (Phi) is 4.81. The van der Waals surface area contributed by atoms with Gasteiger partial charge < -0.3 is 10.6 Å². The Hall–Kier alpha value is -1.56. The first kappa shape index (κ1) is 16.5. The number of nitrogens with two attached hydrogens (primary N) is 1. The van der Waals surface area contributed by atoms with Crippen molar-refractivity contribution in [3.05, 3.63) is 5.82 Å². The first-order valence-electron chi connectivity index (χ1n) is 4.48. The van der Waals surface area contributed by atoms with Gasteiger partial charge in [-0.3, -0.25) is 4.79 Å². The molecule has 0 radical (unpaired) electrons. The largest absolute Gasteiger partial charge is 0.457 e. The molecule has 112 valence electrons. The highest BCUT2D eigenvalue weighted by molar-refractivity contribution is 7.09. The highest BCUT2D eigenvalue weighted by Gasteiger charge is 2.58. The normalized spacial score (nSPS) is 13.4. The van der Waals surface area contributed by atoms with Crippen molar-refractivity contribution >= 4 is 39.2 Å². The number of alkyl halides is 5. The highest BCUT2D eigenvalue weighted by atomic mass is 35.5. The maximum Gasteiger partial charge on any atom is 0.457 e. The van der Waals surface area contributed by atoms with E-state index >= 15 is 0 Å². The van der Waals surface area contributed by atoms with Gasteiger partial charge in [-0.25, -0.2) is 0 Å². The number of nitrogen functional groups attached to an aromatic ring is 1. The number of aromatic nitrogens is 2. The molecule has 0 aliphatic rings. The second kappa shape index (κ2) is 5.83. The zero-order valence-electron chi connectivity index (χ0n) is 9.12. The van der Waals surface area contributed by atoms with Crippen LogP contribution in [0.2, 0.25) is 0 Å². The SMILES string of the molecule is Nc1nc(C(=NOCC(F)(F)C(F)(F)F)C(=O)Cl)ns1. The van der Waals surface area contributed by atoms with Crippen molar-refractivity contribution in [2.45, 2.75) is 12.1 Å². The molecular formula is C7H4ClF5N4O2S. The highest BCUT2D eigenvalue weighted by Crippen LogP contribution is 2.35. The van der Waals surface area contributed by atoms with Crippen LogP contribution in [0.4, 0.5) is 27.1 Å². The summed E-state index contributed by atoms with van der Waals surface area (Å²) in [6.45, 7) is -2.12. The van der Waals surface area contributed by atoms with E-state index in [0.29, 0.717) is 11.5 Å². The number of halogens is 6. The van der Waals surface area contributed by atoms with Crippen LogP contribution in [0, 0.1) is 0 Å². The Morgan fingerprint density at radius 1 is 1.40 bits per heavy atom. The maximum absolute atomic E-state index is 12.5. The predicted octanol–water partition coefficient (Wildman–Crippen LogP) is 1.80. The van der Waals surface area contributed by atoms with E-state index in [4.69, 9.17) is 17.3 Å². The molecule has 13 heteroatoms. The Balaban J connectivity index is 2.83. The summed E-state index contributed by atoms with van der Waals surface area (Å²) in [5, 5.41) is 1.39. The Morgan fingerprint density at radius 2 is 2.00 bits per heavy atom. The quantitative estimate of drug-likeness (QED) is 0.382. The summed E-state index contributed by atoms with van der Waals surface area (Å²) < 4.78 is 64.0. The number of anilines is 1. The first-order chi connectivity index (χ1) is 9.04. The van der Waals surface area contributed by atoms with Crippen molar-refractivity contribution in [3.8, 4) is 0 Å². The Morgan fingerprint density at radius 3 is 2.40 bits per heavy atom. The van der Waals surface area contributed by atoms with Gasteiger partial charge >= 0.3 is 12.1 Å². The summed E-state index contributed by atoms with van der Waals surface area (Å²) in [6.07, 6.45) is -5.81. The number of nitrogens with zero attached hydrogens (tertiary/aromatic N) is 3. The van der Waals surface area contributed by atoms with Crippen molar-refractivity contribution in [1.82, 2.24) is 9.36 Å². The van der Waals surface area contributed by atoms with Crippen LogP contribution in [0.1, 0.15) is 5.82 Å². The molecule has 0 aromatic carbocycles. The minimum atomic E-state index is -5.81. The summed E-state index contributed by atoms with van der Waals surface area (Å²) in [7, 11) is 0. The second-order valence-electron chi connectivity index (χ2n) is 3.15. The van der Waals surface area contributed by atoms with E-state index in [1.54, 1.807) is 0 Å². The molecule has 6 nitrogen and oxygen atoms in total. The van der Waals surface area contributed by atoms with Gasteiger partial charge in [0.15, 0.2) is 11.7 Å². The number of carbonyl (C=O) groups excluding carboxylic acids is 1. The van der Waals surface area contributed by atoms with Gasteiger partial charge in [-0.15, -0.1) is 0 Å². The molecule has 1 aromatic heterocycles. The zero-order valence-corrected chi connectivity index (χ0v) is 10.7. The van der Waals surface area contributed by atoms with E-state index < -0.39 is 35.5 Å². The van der Waals surface area contributed by atoms with Gasteiger partial charge in [0.05, 0.1) is 0 Å². The summed E-state index contributed by atoms with van der Waals surface area (Å²) in [4.78, 5) is 18.2. The average molecular weight is 339 g/mol. The van der Waals surface area contributed by atoms with Crippen LogP contribution in [0.15, 0.2) is 5.16 Å². The third-order valence-corrected chi connectivity index (χ3v) is 2.38. The van der Waals surface area contributed by atoms with Gasteiger partial charge in [-0.1, -0.05) is 5.16 Å². The molecule has 0 spiro atoms. The van der Waals surface area contributed by atoms with Gasteiger partial charge in [0.25, 0.3) is 5.24 Å². The first-order valence-corrected chi connectivity index (χ1v) is 5.63. The third kappa shape index (κ3) is 3.96. The number of hydrogen-bond donors (Lipinski definition) is 1. The summed E-state index contributed by atoms with van der Waals surface area (Å²) in [6, 6.07) is 0. The molecule has 0 unspecified atom stereocenters. The molecule has 0 bridgehead atoms. The smallest absolute Gasteiger partial charge is 0.388 e. The van der Waals surface area contributed by atoms with E-state index in [-0.39, 0.29) is 5.13 Å². The van der Waals surface area contributed by atoms with Crippen LogP contribution >= 0.6 is 23.1 Å². The van der Waals surface area contributed by atoms with Crippen LogP contribution in [0.3, 0.4) is 0 Å². The van der Waals surface area contributed by atoms with Gasteiger partial charge in [0.1, 0.15) is 0 Å². The molecule has 20 heavy (non-hydrogen) atoms. The zero-order chi connectivity index (χ0) is 15.6. The van der Waals surface area contributed by atoms with Gasteiger partial charge in [0.2, 0.25) is 11.5 Å². The summed E-state index contributed by atoms with van der Waals surface area (Å²) in [5.41, 5.74) is 4.36. The molecule has 0 aliphatic carbocycles.